The maximum absolute atomic E-state index is 12.5. The van der Waals surface area contributed by atoms with E-state index in [-0.39, 0.29) is 29.3 Å². The summed E-state index contributed by atoms with van der Waals surface area (Å²) in [4.78, 5) is 27.3. The first-order valence-electron chi connectivity index (χ1n) is 8.80. The first-order valence-corrected chi connectivity index (χ1v) is 8.80. The van der Waals surface area contributed by atoms with Gasteiger partial charge in [-0.1, -0.05) is 26.8 Å². The van der Waals surface area contributed by atoms with Crippen LogP contribution < -0.4 is 5.32 Å². The van der Waals surface area contributed by atoms with Gasteiger partial charge in [0.2, 0.25) is 0 Å². The lowest BCUT2D eigenvalue weighted by molar-refractivity contribution is -0.145. The number of hydrogen-bond acceptors (Lipinski definition) is 3. The molecule has 0 radical (unpaired) electrons. The number of methoxy groups -OCH3 is 1. The van der Waals surface area contributed by atoms with Crippen molar-refractivity contribution in [2.45, 2.75) is 51.5 Å². The summed E-state index contributed by atoms with van der Waals surface area (Å²) in [5.74, 6) is -0.409. The van der Waals surface area contributed by atoms with Crippen LogP contribution in [-0.2, 0) is 14.9 Å². The van der Waals surface area contributed by atoms with E-state index in [0.29, 0.717) is 12.1 Å². The second-order valence-corrected chi connectivity index (χ2v) is 7.94. The molecule has 1 aromatic carbocycles. The van der Waals surface area contributed by atoms with E-state index in [1.54, 1.807) is 0 Å². The van der Waals surface area contributed by atoms with Crippen molar-refractivity contribution in [2.24, 2.45) is 5.92 Å². The van der Waals surface area contributed by atoms with Crippen LogP contribution >= 0.6 is 0 Å². The van der Waals surface area contributed by atoms with Crippen molar-refractivity contribution in [2.75, 3.05) is 7.11 Å². The van der Waals surface area contributed by atoms with Gasteiger partial charge in [0.25, 0.3) is 5.91 Å². The number of benzene rings is 1. The Labute approximate surface area is 148 Å². The molecule has 1 heterocycles. The third-order valence-electron chi connectivity index (χ3n) is 5.03. The van der Waals surface area contributed by atoms with E-state index in [1.807, 2.05) is 12.1 Å². The zero-order valence-corrected chi connectivity index (χ0v) is 15.3. The molecule has 0 aliphatic heterocycles. The standard InChI is InChI=1S/C20H26N2O3/c1-20(2,3)14-6-8-16-13(9-14)11-17(22-16)18(23)21-15-7-5-12(10-15)19(24)25-4/h6,8-9,11-12,15,22H,5,7,10H2,1-4H3,(H,21,23)/t12-,15+/m1/s1. The largest absolute Gasteiger partial charge is 0.469 e. The highest BCUT2D eigenvalue weighted by Crippen LogP contribution is 2.28. The summed E-state index contributed by atoms with van der Waals surface area (Å²) in [6.07, 6.45) is 2.21. The first-order chi connectivity index (χ1) is 11.8. The minimum absolute atomic E-state index is 0.0214. The number of carbonyl (C=O) groups is 2. The van der Waals surface area contributed by atoms with Crippen LogP contribution in [-0.4, -0.2) is 30.0 Å². The number of amides is 1. The van der Waals surface area contributed by atoms with Gasteiger partial charge >= 0.3 is 5.97 Å². The Bertz CT molecular complexity index is 801. The molecule has 5 nitrogen and oxygen atoms in total. The van der Waals surface area contributed by atoms with E-state index < -0.39 is 0 Å². The number of H-pyrrole nitrogens is 1. The van der Waals surface area contributed by atoms with Gasteiger partial charge in [0.05, 0.1) is 13.0 Å². The van der Waals surface area contributed by atoms with Gasteiger partial charge in [0.15, 0.2) is 0 Å². The molecule has 2 aromatic rings. The molecule has 0 unspecified atom stereocenters. The molecule has 1 aliphatic carbocycles. The Kier molecular flexibility index (Phi) is 4.58. The number of aromatic nitrogens is 1. The van der Waals surface area contributed by atoms with Gasteiger partial charge < -0.3 is 15.0 Å². The molecule has 2 atom stereocenters. The van der Waals surface area contributed by atoms with Crippen LogP contribution in [0.15, 0.2) is 24.3 Å². The van der Waals surface area contributed by atoms with Gasteiger partial charge in [0.1, 0.15) is 5.69 Å². The van der Waals surface area contributed by atoms with Crippen molar-refractivity contribution in [1.29, 1.82) is 0 Å². The molecule has 1 amide bonds. The fourth-order valence-corrected chi connectivity index (χ4v) is 3.48. The van der Waals surface area contributed by atoms with Crippen molar-refractivity contribution < 1.29 is 14.3 Å². The van der Waals surface area contributed by atoms with Crippen molar-refractivity contribution in [3.8, 4) is 0 Å². The lowest BCUT2D eigenvalue weighted by Crippen LogP contribution is -2.33. The summed E-state index contributed by atoms with van der Waals surface area (Å²) in [5, 5.41) is 4.07. The number of carbonyl (C=O) groups excluding carboxylic acids is 2. The highest BCUT2D eigenvalue weighted by molar-refractivity contribution is 5.98. The zero-order chi connectivity index (χ0) is 18.2. The number of hydrogen-bond donors (Lipinski definition) is 2. The molecule has 0 saturated heterocycles. The summed E-state index contributed by atoms with van der Waals surface area (Å²) in [5.41, 5.74) is 2.82. The number of rotatable bonds is 3. The van der Waals surface area contributed by atoms with E-state index >= 15 is 0 Å². The topological polar surface area (TPSA) is 71.2 Å². The number of aromatic amines is 1. The average Bonchev–Trinajstić information content (AvgIpc) is 3.18. The SMILES string of the molecule is COC(=O)[C@@H]1CC[C@H](NC(=O)c2cc3cc(C(C)(C)C)ccc3[nH]2)C1. The van der Waals surface area contributed by atoms with E-state index in [2.05, 4.69) is 43.2 Å². The summed E-state index contributed by atoms with van der Waals surface area (Å²) < 4.78 is 4.79. The molecule has 134 valence electrons. The maximum Gasteiger partial charge on any atom is 0.308 e. The van der Waals surface area contributed by atoms with E-state index in [4.69, 9.17) is 4.74 Å². The average molecular weight is 342 g/mol. The Hall–Kier alpha value is -2.30. The normalized spacial score (nSPS) is 20.6. The van der Waals surface area contributed by atoms with Crippen LogP contribution in [0.4, 0.5) is 0 Å². The Morgan fingerprint density at radius 3 is 2.64 bits per heavy atom. The van der Waals surface area contributed by atoms with E-state index in [1.165, 1.54) is 12.7 Å². The molecule has 2 N–H and O–H groups in total. The summed E-state index contributed by atoms with van der Waals surface area (Å²) in [6.45, 7) is 6.52. The minimum atomic E-state index is -0.183. The molecule has 1 saturated carbocycles. The molecular formula is C20H26N2O3. The van der Waals surface area contributed by atoms with Gasteiger partial charge in [-0.3, -0.25) is 9.59 Å². The van der Waals surface area contributed by atoms with E-state index in [9.17, 15) is 9.59 Å². The predicted molar refractivity (Wildman–Crippen MR) is 97.6 cm³/mol. The highest BCUT2D eigenvalue weighted by Gasteiger charge is 2.31. The lowest BCUT2D eigenvalue weighted by Gasteiger charge is -2.18. The highest BCUT2D eigenvalue weighted by atomic mass is 16.5. The monoisotopic (exact) mass is 342 g/mol. The molecule has 0 spiro atoms. The number of fused-ring (bicyclic) bond motifs is 1. The maximum atomic E-state index is 12.5. The summed E-state index contributed by atoms with van der Waals surface area (Å²) in [7, 11) is 1.41. The van der Waals surface area contributed by atoms with Gasteiger partial charge in [-0.15, -0.1) is 0 Å². The second-order valence-electron chi connectivity index (χ2n) is 7.94. The van der Waals surface area contributed by atoms with Gasteiger partial charge in [-0.05, 0) is 48.4 Å². The van der Waals surface area contributed by atoms with Crippen LogP contribution in [0.2, 0.25) is 0 Å². The molecule has 1 aliphatic rings. The molecular weight excluding hydrogens is 316 g/mol. The quantitative estimate of drug-likeness (QED) is 0.838. The number of ether oxygens (including phenoxy) is 1. The van der Waals surface area contributed by atoms with Crippen molar-refractivity contribution in [3.05, 3.63) is 35.5 Å². The fraction of sp³-hybridized carbons (Fsp3) is 0.500. The van der Waals surface area contributed by atoms with Gasteiger partial charge in [-0.2, -0.15) is 0 Å². The van der Waals surface area contributed by atoms with Crippen LogP contribution in [0, 0.1) is 5.92 Å². The summed E-state index contributed by atoms with van der Waals surface area (Å²) >= 11 is 0. The van der Waals surface area contributed by atoms with Crippen molar-refractivity contribution in [1.82, 2.24) is 10.3 Å². The third kappa shape index (κ3) is 3.70. The zero-order valence-electron chi connectivity index (χ0n) is 15.3. The first kappa shape index (κ1) is 17.5. The number of nitrogens with one attached hydrogen (secondary N) is 2. The Balaban J connectivity index is 1.71. The predicted octanol–water partition coefficient (Wildman–Crippen LogP) is 3.54. The molecule has 3 rings (SSSR count). The van der Waals surface area contributed by atoms with Crippen molar-refractivity contribution >= 4 is 22.8 Å². The van der Waals surface area contributed by atoms with E-state index in [0.717, 1.165) is 23.7 Å². The molecule has 1 fully saturated rings. The Morgan fingerprint density at radius 1 is 1.20 bits per heavy atom. The summed E-state index contributed by atoms with van der Waals surface area (Å²) in [6, 6.07) is 8.17. The van der Waals surface area contributed by atoms with Crippen molar-refractivity contribution in [3.63, 3.8) is 0 Å². The molecule has 0 bridgehead atoms. The lowest BCUT2D eigenvalue weighted by atomic mass is 9.86. The second kappa shape index (κ2) is 6.54. The fourth-order valence-electron chi connectivity index (χ4n) is 3.48. The number of esters is 1. The smallest absolute Gasteiger partial charge is 0.308 e. The minimum Gasteiger partial charge on any atom is -0.469 e. The van der Waals surface area contributed by atoms with Gasteiger partial charge in [0, 0.05) is 16.9 Å². The molecule has 1 aromatic heterocycles. The molecule has 5 heteroatoms. The Morgan fingerprint density at radius 2 is 1.96 bits per heavy atom. The van der Waals surface area contributed by atoms with Crippen LogP contribution in [0.1, 0.15) is 56.1 Å². The third-order valence-corrected chi connectivity index (χ3v) is 5.03. The van der Waals surface area contributed by atoms with Crippen LogP contribution in [0.3, 0.4) is 0 Å². The molecule has 25 heavy (non-hydrogen) atoms. The van der Waals surface area contributed by atoms with Gasteiger partial charge in [-0.25, -0.2) is 0 Å². The van der Waals surface area contributed by atoms with Crippen LogP contribution in [0.25, 0.3) is 10.9 Å². The van der Waals surface area contributed by atoms with Crippen LogP contribution in [0.5, 0.6) is 0 Å².